The third-order valence-electron chi connectivity index (χ3n) is 5.40. The Labute approximate surface area is 185 Å². The zero-order chi connectivity index (χ0) is 22.7. The van der Waals surface area contributed by atoms with Crippen molar-refractivity contribution in [1.29, 1.82) is 0 Å². The molecule has 3 heterocycles. The summed E-state index contributed by atoms with van der Waals surface area (Å²) in [5.74, 6) is 0.270. The number of hydrogen-bond acceptors (Lipinski definition) is 8. The summed E-state index contributed by atoms with van der Waals surface area (Å²) in [5.41, 5.74) is 9.26. The average Bonchev–Trinajstić information content (AvgIpc) is 3.33. The lowest BCUT2D eigenvalue weighted by atomic mass is 10.0. The summed E-state index contributed by atoms with van der Waals surface area (Å²) in [6.07, 6.45) is 1.58. The first-order valence-electron chi connectivity index (χ1n) is 10.3. The molecule has 1 aliphatic heterocycles. The first-order chi connectivity index (χ1) is 15.5. The van der Waals surface area contributed by atoms with E-state index in [0.717, 1.165) is 23.2 Å². The maximum absolute atomic E-state index is 10.2. The van der Waals surface area contributed by atoms with Gasteiger partial charge in [0, 0.05) is 25.2 Å². The largest absolute Gasteiger partial charge is 0.471 e. The van der Waals surface area contributed by atoms with Crippen molar-refractivity contribution in [1.82, 2.24) is 19.7 Å². The Bertz CT molecular complexity index is 1080. The summed E-state index contributed by atoms with van der Waals surface area (Å²) in [6.45, 7) is 1.98. The number of aromatic nitrogens is 4. The van der Waals surface area contributed by atoms with E-state index in [9.17, 15) is 10.2 Å². The fraction of sp³-hybridized carbons (Fsp3) is 0.364. The summed E-state index contributed by atoms with van der Waals surface area (Å²) >= 11 is 0. The van der Waals surface area contributed by atoms with E-state index >= 15 is 0 Å². The van der Waals surface area contributed by atoms with Crippen molar-refractivity contribution in [2.75, 3.05) is 0 Å². The summed E-state index contributed by atoms with van der Waals surface area (Å²) in [4.78, 5) is 12.6. The van der Waals surface area contributed by atoms with E-state index in [0.29, 0.717) is 11.4 Å². The first-order valence-corrected chi connectivity index (χ1v) is 10.3. The molecule has 1 fully saturated rings. The standard InChI is InChI=1S/C22H26N6O4/c1-13-20(29)21(30)18(32-13)9-17-19(24-11-23)22(26-12-25-17)31-10-14-3-5-15(6-4-14)16-7-8-28(2)27-16/h3-8,11-13,18,20-21,29-30H,9-10H2,1-2H3,(H2,23,24)/t13-,18+,20-,21+/m1/s1. The van der Waals surface area contributed by atoms with E-state index in [-0.39, 0.29) is 18.9 Å². The van der Waals surface area contributed by atoms with E-state index < -0.39 is 24.4 Å². The van der Waals surface area contributed by atoms with Crippen LogP contribution in [0.15, 0.2) is 47.8 Å². The highest BCUT2D eigenvalue weighted by Gasteiger charge is 2.40. The van der Waals surface area contributed by atoms with Crippen LogP contribution in [0, 0.1) is 0 Å². The van der Waals surface area contributed by atoms with Crippen LogP contribution in [0.3, 0.4) is 0 Å². The van der Waals surface area contributed by atoms with Gasteiger partial charge in [0.2, 0.25) is 5.88 Å². The zero-order valence-electron chi connectivity index (χ0n) is 17.9. The lowest BCUT2D eigenvalue weighted by Crippen LogP contribution is -2.32. The first kappa shape index (κ1) is 21.9. The highest BCUT2D eigenvalue weighted by atomic mass is 16.5. The maximum Gasteiger partial charge on any atom is 0.243 e. The van der Waals surface area contributed by atoms with Gasteiger partial charge in [0.05, 0.1) is 29.9 Å². The summed E-state index contributed by atoms with van der Waals surface area (Å²) in [5, 5.41) is 24.6. The molecule has 4 atom stereocenters. The maximum atomic E-state index is 10.2. The predicted octanol–water partition coefficient (Wildman–Crippen LogP) is 1.13. The lowest BCUT2D eigenvalue weighted by molar-refractivity contribution is 0.0164. The van der Waals surface area contributed by atoms with Crippen LogP contribution in [-0.4, -0.2) is 60.7 Å². The topological polar surface area (TPSA) is 141 Å². The number of rotatable bonds is 7. The highest BCUT2D eigenvalue weighted by Crippen LogP contribution is 2.32. The molecule has 0 spiro atoms. The average molecular weight is 438 g/mol. The van der Waals surface area contributed by atoms with Gasteiger partial charge in [-0.3, -0.25) is 4.68 Å². The number of nitrogens with zero attached hydrogens (tertiary/aromatic N) is 5. The molecule has 2 aromatic heterocycles. The molecule has 3 aromatic rings. The third kappa shape index (κ3) is 4.62. The second-order valence-electron chi connectivity index (χ2n) is 7.68. The van der Waals surface area contributed by atoms with Crippen LogP contribution in [0.25, 0.3) is 11.3 Å². The van der Waals surface area contributed by atoms with Crippen molar-refractivity contribution in [3.8, 4) is 17.1 Å². The Morgan fingerprint density at radius 2 is 1.97 bits per heavy atom. The molecule has 32 heavy (non-hydrogen) atoms. The van der Waals surface area contributed by atoms with Crippen molar-refractivity contribution in [2.24, 2.45) is 17.8 Å². The normalized spacial score (nSPS) is 23.1. The van der Waals surface area contributed by atoms with Gasteiger partial charge in [0.25, 0.3) is 0 Å². The molecule has 4 rings (SSSR count). The molecular weight excluding hydrogens is 412 g/mol. The second-order valence-corrected chi connectivity index (χ2v) is 7.68. The molecule has 1 aromatic carbocycles. The Kier molecular flexibility index (Phi) is 6.45. The number of hydrogen-bond donors (Lipinski definition) is 3. The Hall–Kier alpha value is -3.34. The van der Waals surface area contributed by atoms with E-state index in [2.05, 4.69) is 20.1 Å². The van der Waals surface area contributed by atoms with Crippen molar-refractivity contribution in [3.05, 3.63) is 54.1 Å². The number of aliphatic hydroxyl groups is 2. The lowest BCUT2D eigenvalue weighted by Gasteiger charge is -2.16. The molecular formula is C22H26N6O4. The monoisotopic (exact) mass is 438 g/mol. The molecule has 10 nitrogen and oxygen atoms in total. The summed E-state index contributed by atoms with van der Waals surface area (Å²) < 4.78 is 13.3. The minimum absolute atomic E-state index is 0.229. The van der Waals surface area contributed by atoms with Gasteiger partial charge in [0.15, 0.2) is 0 Å². The van der Waals surface area contributed by atoms with Gasteiger partial charge in [-0.05, 0) is 18.6 Å². The number of aryl methyl sites for hydroxylation is 1. The molecule has 168 valence electrons. The van der Waals surface area contributed by atoms with E-state index in [1.165, 1.54) is 6.33 Å². The van der Waals surface area contributed by atoms with Crippen molar-refractivity contribution in [2.45, 2.75) is 44.4 Å². The van der Waals surface area contributed by atoms with E-state index in [4.69, 9.17) is 15.2 Å². The summed E-state index contributed by atoms with van der Waals surface area (Å²) in [6, 6.07) is 9.84. The number of benzene rings is 1. The van der Waals surface area contributed by atoms with Gasteiger partial charge < -0.3 is 25.4 Å². The van der Waals surface area contributed by atoms with Gasteiger partial charge in [0.1, 0.15) is 30.8 Å². The molecule has 1 saturated heterocycles. The van der Waals surface area contributed by atoms with Crippen LogP contribution >= 0.6 is 0 Å². The van der Waals surface area contributed by atoms with Gasteiger partial charge >= 0.3 is 0 Å². The smallest absolute Gasteiger partial charge is 0.243 e. The van der Waals surface area contributed by atoms with Crippen LogP contribution < -0.4 is 10.5 Å². The fourth-order valence-corrected chi connectivity index (χ4v) is 3.64. The van der Waals surface area contributed by atoms with Crippen LogP contribution in [0.1, 0.15) is 18.2 Å². The van der Waals surface area contributed by atoms with Crippen molar-refractivity contribution in [3.63, 3.8) is 0 Å². The molecule has 0 bridgehead atoms. The molecule has 0 radical (unpaired) electrons. The molecule has 0 amide bonds. The number of aliphatic hydroxyl groups excluding tert-OH is 2. The molecule has 1 aliphatic rings. The van der Waals surface area contributed by atoms with Crippen LogP contribution in [0.2, 0.25) is 0 Å². The zero-order valence-corrected chi connectivity index (χ0v) is 17.9. The Balaban J connectivity index is 1.48. The third-order valence-corrected chi connectivity index (χ3v) is 5.40. The van der Waals surface area contributed by atoms with E-state index in [1.807, 2.05) is 43.6 Å². The fourth-order valence-electron chi connectivity index (χ4n) is 3.64. The van der Waals surface area contributed by atoms with Crippen molar-refractivity contribution >= 4 is 12.0 Å². The van der Waals surface area contributed by atoms with Crippen LogP contribution in [0.5, 0.6) is 5.88 Å². The predicted molar refractivity (Wildman–Crippen MR) is 117 cm³/mol. The molecule has 0 aliphatic carbocycles. The van der Waals surface area contributed by atoms with Gasteiger partial charge in [-0.25, -0.2) is 9.98 Å². The quantitative estimate of drug-likeness (QED) is 0.368. The van der Waals surface area contributed by atoms with Crippen LogP contribution in [-0.2, 0) is 24.8 Å². The number of nitrogens with two attached hydrogens (primary N) is 1. The second kappa shape index (κ2) is 9.43. The summed E-state index contributed by atoms with van der Waals surface area (Å²) in [7, 11) is 1.88. The Morgan fingerprint density at radius 1 is 1.19 bits per heavy atom. The van der Waals surface area contributed by atoms with Gasteiger partial charge in [-0.15, -0.1) is 0 Å². The number of ether oxygens (including phenoxy) is 2. The number of aliphatic imine (C=N–C) groups is 1. The van der Waals surface area contributed by atoms with Crippen molar-refractivity contribution < 1.29 is 19.7 Å². The molecule has 0 saturated carbocycles. The SMILES string of the molecule is C[C@H]1O[C@@H](Cc2ncnc(OCc3ccc(-c4ccn(C)n4)cc3)c2N=CN)[C@H](O)[C@@H]1O. The Morgan fingerprint density at radius 3 is 2.59 bits per heavy atom. The van der Waals surface area contributed by atoms with Crippen LogP contribution in [0.4, 0.5) is 5.69 Å². The van der Waals surface area contributed by atoms with E-state index in [1.54, 1.807) is 11.6 Å². The highest BCUT2D eigenvalue weighted by molar-refractivity contribution is 5.64. The molecule has 0 unspecified atom stereocenters. The minimum atomic E-state index is -1.02. The van der Waals surface area contributed by atoms with Gasteiger partial charge in [-0.1, -0.05) is 24.3 Å². The molecule has 10 heteroatoms. The van der Waals surface area contributed by atoms with Gasteiger partial charge in [-0.2, -0.15) is 10.1 Å². The minimum Gasteiger partial charge on any atom is -0.471 e. The molecule has 4 N–H and O–H groups in total.